The molecule has 0 atom stereocenters. The normalized spacial score (nSPS) is 12.7. The lowest BCUT2D eigenvalue weighted by Gasteiger charge is -2.16. The Kier molecular flexibility index (Phi) is 6.89. The summed E-state index contributed by atoms with van der Waals surface area (Å²) >= 11 is 0. The Labute approximate surface area is 164 Å². The summed E-state index contributed by atoms with van der Waals surface area (Å²) in [6.45, 7) is 0.234. The van der Waals surface area contributed by atoms with Crippen molar-refractivity contribution in [1.82, 2.24) is 10.3 Å². The SMILES string of the molecule is O=C(CCC(=O)c1ccc2c(c1)CCCC2)NCCC(=O)Nc1cccnc1. The fourth-order valence-corrected chi connectivity index (χ4v) is 3.34. The maximum Gasteiger partial charge on any atom is 0.226 e. The van der Waals surface area contributed by atoms with E-state index >= 15 is 0 Å². The van der Waals surface area contributed by atoms with Crippen LogP contribution in [0, 0.1) is 0 Å². The van der Waals surface area contributed by atoms with Crippen molar-refractivity contribution in [2.45, 2.75) is 44.9 Å². The predicted octanol–water partition coefficient (Wildman–Crippen LogP) is 3.07. The molecule has 1 aromatic carbocycles. The Balaban J connectivity index is 1.37. The second-order valence-corrected chi connectivity index (χ2v) is 7.00. The van der Waals surface area contributed by atoms with E-state index in [0.717, 1.165) is 12.8 Å². The van der Waals surface area contributed by atoms with E-state index < -0.39 is 0 Å². The number of amides is 2. The molecule has 0 unspecified atom stereocenters. The number of anilines is 1. The standard InChI is InChI=1S/C22H25N3O3/c26-20(18-8-7-16-4-1-2-5-17(16)14-18)9-10-21(27)24-13-11-22(28)25-19-6-3-12-23-15-19/h3,6-8,12,14-15H,1-2,4-5,9-11,13H2,(H,24,27)(H,25,28). The topological polar surface area (TPSA) is 88.2 Å². The monoisotopic (exact) mass is 379 g/mol. The summed E-state index contributed by atoms with van der Waals surface area (Å²) in [4.78, 5) is 40.1. The number of hydrogen-bond donors (Lipinski definition) is 2. The van der Waals surface area contributed by atoms with Crippen LogP contribution in [-0.2, 0) is 22.4 Å². The van der Waals surface area contributed by atoms with Gasteiger partial charge in [0.05, 0.1) is 11.9 Å². The van der Waals surface area contributed by atoms with Gasteiger partial charge in [-0.3, -0.25) is 19.4 Å². The number of benzene rings is 1. The third-order valence-corrected chi connectivity index (χ3v) is 4.87. The van der Waals surface area contributed by atoms with Crippen LogP contribution in [0.25, 0.3) is 0 Å². The Morgan fingerprint density at radius 1 is 0.929 bits per heavy atom. The molecule has 0 saturated carbocycles. The van der Waals surface area contributed by atoms with Crippen molar-refractivity contribution in [3.63, 3.8) is 0 Å². The van der Waals surface area contributed by atoms with E-state index in [9.17, 15) is 14.4 Å². The lowest BCUT2D eigenvalue weighted by atomic mass is 9.89. The van der Waals surface area contributed by atoms with Crippen LogP contribution < -0.4 is 10.6 Å². The molecule has 2 N–H and O–H groups in total. The highest BCUT2D eigenvalue weighted by molar-refractivity contribution is 5.98. The highest BCUT2D eigenvalue weighted by atomic mass is 16.2. The number of hydrogen-bond acceptors (Lipinski definition) is 4. The minimum atomic E-state index is -0.222. The molecule has 0 spiro atoms. The van der Waals surface area contributed by atoms with E-state index in [1.165, 1.54) is 24.0 Å². The van der Waals surface area contributed by atoms with Crippen LogP contribution in [0.5, 0.6) is 0 Å². The van der Waals surface area contributed by atoms with Gasteiger partial charge >= 0.3 is 0 Å². The maximum absolute atomic E-state index is 12.4. The first kappa shape index (κ1) is 19.7. The van der Waals surface area contributed by atoms with Crippen LogP contribution in [0.15, 0.2) is 42.7 Å². The zero-order valence-electron chi connectivity index (χ0n) is 15.9. The van der Waals surface area contributed by atoms with Gasteiger partial charge in [-0.05, 0) is 55.0 Å². The van der Waals surface area contributed by atoms with Gasteiger partial charge in [0.1, 0.15) is 0 Å². The van der Waals surface area contributed by atoms with Gasteiger partial charge in [0.15, 0.2) is 5.78 Å². The molecule has 146 valence electrons. The molecule has 2 amide bonds. The van der Waals surface area contributed by atoms with E-state index in [2.05, 4.69) is 15.6 Å². The van der Waals surface area contributed by atoms with Crippen LogP contribution in [0.1, 0.15) is 53.6 Å². The Morgan fingerprint density at radius 2 is 1.75 bits per heavy atom. The number of pyridine rings is 1. The van der Waals surface area contributed by atoms with Crippen LogP contribution in [-0.4, -0.2) is 29.1 Å². The van der Waals surface area contributed by atoms with Crippen LogP contribution >= 0.6 is 0 Å². The fourth-order valence-electron chi connectivity index (χ4n) is 3.34. The van der Waals surface area contributed by atoms with Crippen molar-refractivity contribution in [2.24, 2.45) is 0 Å². The van der Waals surface area contributed by atoms with Crippen LogP contribution in [0.4, 0.5) is 5.69 Å². The number of carbonyl (C=O) groups excluding carboxylic acids is 3. The summed E-state index contributed by atoms with van der Waals surface area (Å²) in [6.07, 6.45) is 8.14. The Hall–Kier alpha value is -3.02. The lowest BCUT2D eigenvalue weighted by Crippen LogP contribution is -2.28. The summed E-state index contributed by atoms with van der Waals surface area (Å²) in [5.74, 6) is -0.434. The van der Waals surface area contributed by atoms with E-state index in [-0.39, 0.29) is 43.4 Å². The second kappa shape index (κ2) is 9.78. The van der Waals surface area contributed by atoms with Gasteiger partial charge in [-0.25, -0.2) is 0 Å². The molecule has 0 radical (unpaired) electrons. The summed E-state index contributed by atoms with van der Waals surface area (Å²) < 4.78 is 0. The zero-order valence-corrected chi connectivity index (χ0v) is 15.9. The third kappa shape index (κ3) is 5.74. The number of Topliss-reactive ketones (excluding diaryl/α,β-unsaturated/α-hetero) is 1. The minimum Gasteiger partial charge on any atom is -0.356 e. The molecule has 0 bridgehead atoms. The molecule has 1 heterocycles. The number of aromatic nitrogens is 1. The number of aryl methyl sites for hydroxylation is 2. The highest BCUT2D eigenvalue weighted by Gasteiger charge is 2.14. The summed E-state index contributed by atoms with van der Waals surface area (Å²) in [6, 6.07) is 9.38. The average Bonchev–Trinajstić information content (AvgIpc) is 2.72. The molecule has 6 nitrogen and oxygen atoms in total. The van der Waals surface area contributed by atoms with Gasteiger partial charge in [-0.2, -0.15) is 0 Å². The first-order valence-corrected chi connectivity index (χ1v) is 9.73. The molecule has 1 aliphatic carbocycles. The first-order valence-electron chi connectivity index (χ1n) is 9.73. The summed E-state index contributed by atoms with van der Waals surface area (Å²) in [5.41, 5.74) is 3.91. The number of nitrogens with one attached hydrogen (secondary N) is 2. The minimum absolute atomic E-state index is 0.0159. The molecule has 3 rings (SSSR count). The van der Waals surface area contributed by atoms with Crippen molar-refractivity contribution in [2.75, 3.05) is 11.9 Å². The summed E-state index contributed by atoms with van der Waals surface area (Å²) in [7, 11) is 0. The van der Waals surface area contributed by atoms with Gasteiger partial charge in [0.25, 0.3) is 0 Å². The number of fused-ring (bicyclic) bond motifs is 1. The van der Waals surface area contributed by atoms with E-state index in [1.54, 1.807) is 24.5 Å². The Morgan fingerprint density at radius 3 is 2.54 bits per heavy atom. The predicted molar refractivity (Wildman–Crippen MR) is 107 cm³/mol. The fraction of sp³-hybridized carbons (Fsp3) is 0.364. The number of nitrogens with zero attached hydrogens (tertiary/aromatic N) is 1. The largest absolute Gasteiger partial charge is 0.356 e. The van der Waals surface area contributed by atoms with E-state index in [1.807, 2.05) is 18.2 Å². The van der Waals surface area contributed by atoms with Crippen LogP contribution in [0.2, 0.25) is 0 Å². The Bertz CT molecular complexity index is 849. The quantitative estimate of drug-likeness (QED) is 0.690. The molecule has 0 aliphatic heterocycles. The zero-order chi connectivity index (χ0) is 19.8. The van der Waals surface area contributed by atoms with Gasteiger partial charge < -0.3 is 10.6 Å². The van der Waals surface area contributed by atoms with Crippen molar-refractivity contribution in [3.05, 3.63) is 59.4 Å². The molecule has 0 saturated heterocycles. The van der Waals surface area contributed by atoms with Crippen molar-refractivity contribution in [1.29, 1.82) is 0 Å². The molecular formula is C22H25N3O3. The smallest absolute Gasteiger partial charge is 0.226 e. The number of ketones is 1. The third-order valence-electron chi connectivity index (χ3n) is 4.87. The van der Waals surface area contributed by atoms with Crippen molar-refractivity contribution in [3.8, 4) is 0 Å². The number of rotatable bonds is 8. The van der Waals surface area contributed by atoms with E-state index in [0.29, 0.717) is 11.3 Å². The highest BCUT2D eigenvalue weighted by Crippen LogP contribution is 2.22. The lowest BCUT2D eigenvalue weighted by molar-refractivity contribution is -0.121. The molecule has 0 fully saturated rings. The first-order chi connectivity index (χ1) is 13.6. The van der Waals surface area contributed by atoms with Crippen molar-refractivity contribution < 1.29 is 14.4 Å². The molecule has 6 heteroatoms. The molecular weight excluding hydrogens is 354 g/mol. The summed E-state index contributed by atoms with van der Waals surface area (Å²) in [5, 5.41) is 5.39. The van der Waals surface area contributed by atoms with Gasteiger partial charge in [0, 0.05) is 37.6 Å². The molecule has 1 aromatic heterocycles. The molecule has 28 heavy (non-hydrogen) atoms. The second-order valence-electron chi connectivity index (χ2n) is 7.00. The average molecular weight is 379 g/mol. The van der Waals surface area contributed by atoms with Gasteiger partial charge in [0.2, 0.25) is 11.8 Å². The maximum atomic E-state index is 12.4. The van der Waals surface area contributed by atoms with E-state index in [4.69, 9.17) is 0 Å². The molecule has 2 aromatic rings. The van der Waals surface area contributed by atoms with Crippen LogP contribution in [0.3, 0.4) is 0 Å². The number of carbonyl (C=O) groups is 3. The van der Waals surface area contributed by atoms with Gasteiger partial charge in [-0.15, -0.1) is 0 Å². The van der Waals surface area contributed by atoms with Gasteiger partial charge in [-0.1, -0.05) is 12.1 Å². The van der Waals surface area contributed by atoms with Crippen molar-refractivity contribution >= 4 is 23.3 Å². The molecule has 1 aliphatic rings.